The number of fused-ring (bicyclic) bond motifs is 1. The molecule has 0 saturated heterocycles. The van der Waals surface area contributed by atoms with Crippen molar-refractivity contribution in [3.63, 3.8) is 0 Å². The Morgan fingerprint density at radius 2 is 1.04 bits per heavy atom. The van der Waals surface area contributed by atoms with Gasteiger partial charge in [-0.3, -0.25) is 0 Å². The second-order valence-corrected chi connectivity index (χ2v) is 12.5. The third-order valence-electron chi connectivity index (χ3n) is 9.50. The molecule has 0 unspecified atom stereocenters. The summed E-state index contributed by atoms with van der Waals surface area (Å²) in [6, 6.07) is 58.4. The zero-order valence-electron chi connectivity index (χ0n) is 31.8. The first kappa shape index (κ1) is 37.1. The first-order chi connectivity index (χ1) is 26.6. The zero-order valence-corrected chi connectivity index (χ0v) is 31.8. The highest BCUT2D eigenvalue weighted by molar-refractivity contribution is 5.99. The zero-order chi connectivity index (χ0) is 37.9. The second-order valence-electron chi connectivity index (χ2n) is 12.5. The van der Waals surface area contributed by atoms with Gasteiger partial charge >= 0.3 is 0 Å². The van der Waals surface area contributed by atoms with E-state index in [9.17, 15) is 0 Å². The average Bonchev–Trinajstić information content (AvgIpc) is 3.25. The Balaban J connectivity index is 0.00000245. The molecule has 0 aliphatic heterocycles. The molecule has 0 saturated carbocycles. The minimum Gasteiger partial charge on any atom is -0.310 e. The van der Waals surface area contributed by atoms with Gasteiger partial charge in [-0.2, -0.15) is 0 Å². The molecule has 0 bridgehead atoms. The van der Waals surface area contributed by atoms with Crippen molar-refractivity contribution in [1.29, 1.82) is 0 Å². The van der Waals surface area contributed by atoms with E-state index in [1.54, 1.807) is 0 Å². The monoisotopic (exact) mass is 700 g/mol. The summed E-state index contributed by atoms with van der Waals surface area (Å²) in [6.45, 7) is 16.3. The maximum Gasteiger partial charge on any atom is 0.0540 e. The van der Waals surface area contributed by atoms with Crippen LogP contribution in [-0.4, -0.2) is 0 Å². The van der Waals surface area contributed by atoms with Gasteiger partial charge in [0.1, 0.15) is 0 Å². The van der Waals surface area contributed by atoms with Crippen LogP contribution >= 0.6 is 0 Å². The minimum absolute atomic E-state index is 1.05. The summed E-state index contributed by atoms with van der Waals surface area (Å²) in [5.74, 6) is 0. The quantitative estimate of drug-likeness (QED) is 0.124. The van der Waals surface area contributed by atoms with Gasteiger partial charge in [-0.05, 0) is 102 Å². The number of anilines is 5. The maximum absolute atomic E-state index is 4.14. The fourth-order valence-corrected chi connectivity index (χ4v) is 7.04. The van der Waals surface area contributed by atoms with Gasteiger partial charge in [0.2, 0.25) is 0 Å². The molecule has 0 aliphatic rings. The largest absolute Gasteiger partial charge is 0.310 e. The van der Waals surface area contributed by atoms with Crippen molar-refractivity contribution in [2.45, 2.75) is 27.7 Å². The van der Waals surface area contributed by atoms with Crippen molar-refractivity contribution in [1.82, 2.24) is 0 Å². The molecule has 0 N–H and O–H groups in total. The van der Waals surface area contributed by atoms with Crippen molar-refractivity contribution >= 4 is 51.4 Å². The molecule has 0 aliphatic carbocycles. The Morgan fingerprint density at radius 3 is 1.65 bits per heavy atom. The lowest BCUT2D eigenvalue weighted by Crippen LogP contribution is -2.16. The van der Waals surface area contributed by atoms with Gasteiger partial charge in [-0.1, -0.05) is 167 Å². The van der Waals surface area contributed by atoms with Gasteiger partial charge in [-0.25, -0.2) is 0 Å². The number of allylic oxidation sites excluding steroid dienone is 3. The minimum atomic E-state index is 1.05. The van der Waals surface area contributed by atoms with Crippen molar-refractivity contribution in [3.05, 3.63) is 212 Å². The Morgan fingerprint density at radius 1 is 0.500 bits per heavy atom. The topological polar surface area (TPSA) is 6.48 Å². The van der Waals surface area contributed by atoms with Crippen LogP contribution in [0.1, 0.15) is 38.8 Å². The van der Waals surface area contributed by atoms with E-state index in [0.29, 0.717) is 0 Å². The van der Waals surface area contributed by atoms with Gasteiger partial charge in [0.25, 0.3) is 0 Å². The number of nitrogens with zero attached hydrogens (tertiary/aromatic N) is 2. The van der Waals surface area contributed by atoms with Crippen LogP contribution in [0.2, 0.25) is 0 Å². The first-order valence-electron chi connectivity index (χ1n) is 18.7. The fraction of sp³-hybridized carbons (Fsp3) is 0.0769. The lowest BCUT2D eigenvalue weighted by molar-refractivity contribution is 1.19. The summed E-state index contributed by atoms with van der Waals surface area (Å²) < 4.78 is 0. The van der Waals surface area contributed by atoms with Crippen molar-refractivity contribution in [2.75, 3.05) is 9.80 Å². The van der Waals surface area contributed by atoms with E-state index in [1.807, 2.05) is 32.9 Å². The molecule has 266 valence electrons. The molecule has 0 aromatic heterocycles. The average molecular weight is 701 g/mol. The highest BCUT2D eigenvalue weighted by atomic mass is 15.2. The normalized spacial score (nSPS) is 11.1. The van der Waals surface area contributed by atoms with E-state index in [0.717, 1.165) is 56.4 Å². The van der Waals surface area contributed by atoms with Crippen LogP contribution in [0.15, 0.2) is 201 Å². The van der Waals surface area contributed by atoms with E-state index in [4.69, 9.17) is 0 Å². The van der Waals surface area contributed by atoms with Crippen molar-refractivity contribution in [3.8, 4) is 22.3 Å². The lowest BCUT2D eigenvalue weighted by atomic mass is 9.94. The predicted molar refractivity (Wildman–Crippen MR) is 238 cm³/mol. The van der Waals surface area contributed by atoms with E-state index < -0.39 is 0 Å². The number of rotatable bonds is 11. The molecule has 2 heteroatoms. The third-order valence-corrected chi connectivity index (χ3v) is 9.50. The molecule has 0 heterocycles. The third kappa shape index (κ3) is 7.60. The van der Waals surface area contributed by atoms with Crippen molar-refractivity contribution < 1.29 is 0 Å². The summed E-state index contributed by atoms with van der Waals surface area (Å²) in [6.07, 6.45) is 10.2. The Labute approximate surface area is 322 Å². The van der Waals surface area contributed by atoms with Crippen LogP contribution in [-0.2, 0) is 0 Å². The van der Waals surface area contributed by atoms with Crippen LogP contribution < -0.4 is 9.80 Å². The Hall–Kier alpha value is -6.64. The van der Waals surface area contributed by atoms with Gasteiger partial charge < -0.3 is 9.80 Å². The molecule has 0 fully saturated rings. The molecule has 7 aromatic carbocycles. The van der Waals surface area contributed by atoms with E-state index >= 15 is 0 Å². The Kier molecular flexibility index (Phi) is 12.2. The maximum atomic E-state index is 4.14. The predicted octanol–water partition coefficient (Wildman–Crippen LogP) is 15.6. The number of hydrogen-bond donors (Lipinski definition) is 0. The molecular weight excluding hydrogens is 653 g/mol. The number of para-hydroxylation sites is 1. The summed E-state index contributed by atoms with van der Waals surface area (Å²) in [5, 5.41) is 2.43. The van der Waals surface area contributed by atoms with Gasteiger partial charge in [0.05, 0.1) is 11.4 Å². The molecular formula is C52H48N2. The van der Waals surface area contributed by atoms with Gasteiger partial charge in [-0.15, -0.1) is 0 Å². The van der Waals surface area contributed by atoms with Crippen molar-refractivity contribution in [2.24, 2.45) is 0 Å². The molecule has 54 heavy (non-hydrogen) atoms. The molecule has 0 radical (unpaired) electrons. The standard InChI is InChI=1S/C50H42N2.C2H6/c1-5-18-41(7-3)51(49-27-16-20-37(6-2)45(49)8-4)43-33-29-39(30-34-43)46-24-14-15-25-47(46)40-31-35-44(36-32-40)52(42-22-10-9-11-23-42)50-28-17-21-38-19-12-13-26-48(38)50;1-2/h5-36H,2,4H2,1,3H3;1-2H3/b18-5-,41-7+;. The van der Waals surface area contributed by atoms with E-state index in [1.165, 1.54) is 21.9 Å². The van der Waals surface area contributed by atoms with E-state index in [2.05, 4.69) is 212 Å². The van der Waals surface area contributed by atoms with Crippen LogP contribution in [0.25, 0.3) is 45.2 Å². The first-order valence-corrected chi connectivity index (χ1v) is 18.7. The van der Waals surface area contributed by atoms with Gasteiger partial charge in [0, 0.05) is 33.7 Å². The second kappa shape index (κ2) is 17.7. The highest BCUT2D eigenvalue weighted by Crippen LogP contribution is 2.41. The molecule has 0 spiro atoms. The SMILES string of the molecule is C=Cc1cccc(N(C(/C=C\C)=C/C)c2ccc(-c3ccccc3-c3ccc(N(c4ccccc4)c4cccc5ccccc45)cc3)cc2)c1C=C.CC. The number of hydrogen-bond acceptors (Lipinski definition) is 2. The van der Waals surface area contributed by atoms with Crippen LogP contribution in [0, 0.1) is 0 Å². The smallest absolute Gasteiger partial charge is 0.0540 e. The van der Waals surface area contributed by atoms with Crippen LogP contribution in [0.5, 0.6) is 0 Å². The van der Waals surface area contributed by atoms with Crippen LogP contribution in [0.4, 0.5) is 28.4 Å². The van der Waals surface area contributed by atoms with E-state index in [-0.39, 0.29) is 0 Å². The summed E-state index contributed by atoms with van der Waals surface area (Å²) in [4.78, 5) is 4.63. The summed E-state index contributed by atoms with van der Waals surface area (Å²) >= 11 is 0. The number of benzene rings is 7. The summed E-state index contributed by atoms with van der Waals surface area (Å²) in [7, 11) is 0. The molecule has 0 amide bonds. The lowest BCUT2D eigenvalue weighted by Gasteiger charge is -2.29. The molecule has 2 nitrogen and oxygen atoms in total. The fourth-order valence-electron chi connectivity index (χ4n) is 7.04. The Bertz CT molecular complexity index is 2390. The molecule has 0 atom stereocenters. The molecule has 7 aromatic rings. The van der Waals surface area contributed by atoms with Crippen LogP contribution in [0.3, 0.4) is 0 Å². The molecule has 7 rings (SSSR count). The highest BCUT2D eigenvalue weighted by Gasteiger charge is 2.18. The van der Waals surface area contributed by atoms with Gasteiger partial charge in [0.15, 0.2) is 0 Å². The summed E-state index contributed by atoms with van der Waals surface area (Å²) in [5.41, 5.74) is 13.4.